The molecule has 0 aromatic rings. The van der Waals surface area contributed by atoms with Crippen molar-refractivity contribution < 1.29 is 0 Å². The van der Waals surface area contributed by atoms with E-state index in [0.29, 0.717) is 0 Å². The first-order chi connectivity index (χ1) is 7.11. The first-order valence-corrected chi connectivity index (χ1v) is 5.84. The van der Waals surface area contributed by atoms with E-state index in [-0.39, 0.29) is 5.41 Å². The predicted octanol–water partition coefficient (Wildman–Crippen LogP) is 4.62. The fourth-order valence-electron chi connectivity index (χ4n) is 1.80. The van der Waals surface area contributed by atoms with Crippen molar-refractivity contribution in [2.75, 3.05) is 0 Å². The maximum Gasteiger partial charge on any atom is 0.0762 e. The Labute approximate surface area is 94.5 Å². The molecule has 0 radical (unpaired) electrons. The van der Waals surface area contributed by atoms with Crippen LogP contribution in [-0.4, -0.2) is 0 Å². The first kappa shape index (κ1) is 14.0. The predicted molar refractivity (Wildman–Crippen MR) is 66.4 cm³/mol. The Morgan fingerprint density at radius 3 is 2.20 bits per heavy atom. The van der Waals surface area contributed by atoms with Crippen molar-refractivity contribution in [2.45, 2.75) is 52.9 Å². The van der Waals surface area contributed by atoms with E-state index in [1.54, 1.807) is 0 Å². The summed E-state index contributed by atoms with van der Waals surface area (Å²) in [4.78, 5) is 0. The molecule has 0 spiro atoms. The molecule has 1 unspecified atom stereocenters. The average Bonchev–Trinajstić information content (AvgIpc) is 2.19. The molecule has 0 N–H and O–H groups in total. The van der Waals surface area contributed by atoms with Crippen LogP contribution >= 0.6 is 0 Å². The van der Waals surface area contributed by atoms with Crippen molar-refractivity contribution in [1.29, 1.82) is 5.26 Å². The highest BCUT2D eigenvalue weighted by Crippen LogP contribution is 2.27. The van der Waals surface area contributed by atoms with Gasteiger partial charge in [-0.25, -0.2) is 0 Å². The van der Waals surface area contributed by atoms with Crippen LogP contribution < -0.4 is 0 Å². The molecule has 84 valence electrons. The Morgan fingerprint density at radius 2 is 1.87 bits per heavy atom. The molecular weight excluding hydrogens is 182 g/mol. The molecular formula is C14H23N. The van der Waals surface area contributed by atoms with E-state index in [1.165, 1.54) is 5.57 Å². The molecule has 0 rings (SSSR count). The second-order valence-corrected chi connectivity index (χ2v) is 4.32. The normalized spacial score (nSPS) is 13.7. The second-order valence-electron chi connectivity index (χ2n) is 4.32. The van der Waals surface area contributed by atoms with Crippen LogP contribution in [0.15, 0.2) is 24.3 Å². The smallest absolute Gasteiger partial charge is 0.0762 e. The van der Waals surface area contributed by atoms with E-state index in [0.717, 1.165) is 32.1 Å². The molecule has 1 heteroatoms. The molecule has 0 heterocycles. The lowest BCUT2D eigenvalue weighted by molar-refractivity contribution is 0.566. The van der Waals surface area contributed by atoms with Crippen LogP contribution in [-0.2, 0) is 0 Å². The Balaban J connectivity index is 4.74. The maximum atomic E-state index is 9.16. The molecule has 0 aliphatic carbocycles. The third-order valence-corrected chi connectivity index (χ3v) is 2.49. The lowest BCUT2D eigenvalue weighted by Gasteiger charge is -2.17. The molecule has 0 aromatic carbocycles. The van der Waals surface area contributed by atoms with Gasteiger partial charge in [-0.2, -0.15) is 5.26 Å². The fraction of sp³-hybridized carbons (Fsp3) is 0.643. The third kappa shape index (κ3) is 5.42. The standard InChI is InChI=1S/C14H23N/c1-5-8-13(9-6-2)11-14(4,12-15)10-7-3/h7,11H,3,5-6,8-10H2,1-2,4H3. The lowest BCUT2D eigenvalue weighted by Crippen LogP contribution is -2.09. The summed E-state index contributed by atoms with van der Waals surface area (Å²) in [6.45, 7) is 10.1. The van der Waals surface area contributed by atoms with Crippen LogP contribution in [0.4, 0.5) is 0 Å². The van der Waals surface area contributed by atoms with Crippen LogP contribution in [0.1, 0.15) is 52.9 Å². The summed E-state index contributed by atoms with van der Waals surface area (Å²) >= 11 is 0. The van der Waals surface area contributed by atoms with Gasteiger partial charge in [-0.05, 0) is 26.2 Å². The number of allylic oxidation sites excluding steroid dienone is 3. The van der Waals surface area contributed by atoms with Gasteiger partial charge in [0.2, 0.25) is 0 Å². The van der Waals surface area contributed by atoms with Crippen LogP contribution in [0.2, 0.25) is 0 Å². The Kier molecular flexibility index (Phi) is 6.79. The minimum Gasteiger partial charge on any atom is -0.197 e. The summed E-state index contributed by atoms with van der Waals surface area (Å²) in [5.41, 5.74) is 1.06. The van der Waals surface area contributed by atoms with Gasteiger partial charge in [0, 0.05) is 0 Å². The van der Waals surface area contributed by atoms with Gasteiger partial charge in [0.15, 0.2) is 0 Å². The summed E-state index contributed by atoms with van der Waals surface area (Å²) in [5.74, 6) is 0. The van der Waals surface area contributed by atoms with E-state index in [4.69, 9.17) is 5.26 Å². The molecule has 0 bridgehead atoms. The molecule has 0 amide bonds. The van der Waals surface area contributed by atoms with Crippen LogP contribution in [0.3, 0.4) is 0 Å². The second kappa shape index (κ2) is 7.29. The molecule has 0 aliphatic heterocycles. The van der Waals surface area contributed by atoms with Crippen LogP contribution in [0.5, 0.6) is 0 Å². The molecule has 15 heavy (non-hydrogen) atoms. The Hall–Kier alpha value is -1.03. The highest BCUT2D eigenvalue weighted by atomic mass is 14.3. The summed E-state index contributed by atoms with van der Waals surface area (Å²) in [6, 6.07) is 2.38. The fourth-order valence-corrected chi connectivity index (χ4v) is 1.80. The minimum atomic E-state index is -0.360. The number of hydrogen-bond acceptors (Lipinski definition) is 1. The molecule has 0 saturated heterocycles. The van der Waals surface area contributed by atoms with Gasteiger partial charge in [0.25, 0.3) is 0 Å². The van der Waals surface area contributed by atoms with E-state index in [1.807, 2.05) is 13.0 Å². The van der Waals surface area contributed by atoms with Gasteiger partial charge >= 0.3 is 0 Å². The van der Waals surface area contributed by atoms with Gasteiger partial charge in [-0.3, -0.25) is 0 Å². The van der Waals surface area contributed by atoms with E-state index in [9.17, 15) is 0 Å². The van der Waals surface area contributed by atoms with Crippen molar-refractivity contribution in [2.24, 2.45) is 5.41 Å². The molecule has 0 aliphatic rings. The summed E-state index contributed by atoms with van der Waals surface area (Å²) in [6.07, 6.45) is 9.25. The van der Waals surface area contributed by atoms with E-state index >= 15 is 0 Å². The zero-order valence-electron chi connectivity index (χ0n) is 10.3. The number of hydrogen-bond donors (Lipinski definition) is 0. The SMILES string of the molecule is C=CCC(C)(C#N)C=C(CCC)CCC. The zero-order chi connectivity index (χ0) is 11.7. The molecule has 0 saturated carbocycles. The van der Waals surface area contributed by atoms with Crippen molar-refractivity contribution in [3.8, 4) is 6.07 Å². The number of nitriles is 1. The monoisotopic (exact) mass is 205 g/mol. The van der Waals surface area contributed by atoms with Gasteiger partial charge in [0.05, 0.1) is 11.5 Å². The van der Waals surface area contributed by atoms with Crippen molar-refractivity contribution >= 4 is 0 Å². The van der Waals surface area contributed by atoms with Gasteiger partial charge < -0.3 is 0 Å². The van der Waals surface area contributed by atoms with Gasteiger partial charge in [0.1, 0.15) is 0 Å². The highest BCUT2D eigenvalue weighted by molar-refractivity contribution is 5.18. The summed E-state index contributed by atoms with van der Waals surface area (Å²) in [7, 11) is 0. The molecule has 1 nitrogen and oxygen atoms in total. The van der Waals surface area contributed by atoms with E-state index < -0.39 is 0 Å². The third-order valence-electron chi connectivity index (χ3n) is 2.49. The molecule has 0 aromatic heterocycles. The number of nitrogens with zero attached hydrogens (tertiary/aromatic N) is 1. The quantitative estimate of drug-likeness (QED) is 0.556. The van der Waals surface area contributed by atoms with Gasteiger partial charge in [-0.15, -0.1) is 6.58 Å². The Morgan fingerprint density at radius 1 is 1.33 bits per heavy atom. The van der Waals surface area contributed by atoms with Crippen LogP contribution in [0, 0.1) is 16.7 Å². The summed E-state index contributed by atoms with van der Waals surface area (Å²) in [5, 5.41) is 9.16. The highest BCUT2D eigenvalue weighted by Gasteiger charge is 2.19. The Bertz CT molecular complexity index is 249. The van der Waals surface area contributed by atoms with Crippen molar-refractivity contribution in [1.82, 2.24) is 0 Å². The van der Waals surface area contributed by atoms with Crippen molar-refractivity contribution in [3.05, 3.63) is 24.3 Å². The number of rotatable bonds is 7. The molecule has 0 fully saturated rings. The zero-order valence-corrected chi connectivity index (χ0v) is 10.3. The maximum absolute atomic E-state index is 9.16. The summed E-state index contributed by atoms with van der Waals surface area (Å²) < 4.78 is 0. The first-order valence-electron chi connectivity index (χ1n) is 5.84. The van der Waals surface area contributed by atoms with E-state index in [2.05, 4.69) is 32.6 Å². The lowest BCUT2D eigenvalue weighted by atomic mass is 9.85. The largest absolute Gasteiger partial charge is 0.197 e. The van der Waals surface area contributed by atoms with Crippen LogP contribution in [0.25, 0.3) is 0 Å². The van der Waals surface area contributed by atoms with Gasteiger partial charge in [-0.1, -0.05) is 44.4 Å². The van der Waals surface area contributed by atoms with Crippen molar-refractivity contribution in [3.63, 3.8) is 0 Å². The molecule has 1 atom stereocenters. The average molecular weight is 205 g/mol. The topological polar surface area (TPSA) is 23.8 Å². The minimum absolute atomic E-state index is 0.360.